The monoisotopic (exact) mass is 115 g/mol. The number of hydrogen-bond donors (Lipinski definition) is 1. The van der Waals surface area contributed by atoms with Crippen LogP contribution >= 0.6 is 0 Å². The van der Waals surface area contributed by atoms with Gasteiger partial charge in [-0.2, -0.15) is 0 Å². The van der Waals surface area contributed by atoms with E-state index in [1.54, 1.807) is 0 Å². The maximum atomic E-state index is 10.2. The molecule has 0 aliphatic carbocycles. The van der Waals surface area contributed by atoms with Crippen molar-refractivity contribution in [2.75, 3.05) is 13.1 Å². The zero-order chi connectivity index (χ0) is 5.98. The van der Waals surface area contributed by atoms with Crippen LogP contribution in [0.1, 0.15) is 0 Å². The Morgan fingerprint density at radius 3 is 2.88 bits per heavy atom. The molecule has 1 rings (SSSR count). The number of esters is 1. The molecule has 0 aromatic rings. The Morgan fingerprint density at radius 1 is 1.88 bits per heavy atom. The van der Waals surface area contributed by atoms with Crippen LogP contribution in [0.25, 0.3) is 0 Å². The van der Waals surface area contributed by atoms with E-state index in [2.05, 4.69) is 15.5 Å². The van der Waals surface area contributed by atoms with E-state index in [-0.39, 0.29) is 12.5 Å². The van der Waals surface area contributed by atoms with Crippen molar-refractivity contribution < 1.29 is 15.3 Å². The van der Waals surface area contributed by atoms with Gasteiger partial charge in [0.05, 0.1) is 0 Å². The highest BCUT2D eigenvalue weighted by molar-refractivity contribution is 5.95. The summed E-state index contributed by atoms with van der Waals surface area (Å²) in [5.74, 6) is 0.179. The van der Waals surface area contributed by atoms with E-state index in [9.17, 15) is 4.79 Å². The maximum Gasteiger partial charge on any atom is 0.334 e. The molecule has 44 valence electrons. The lowest BCUT2D eigenvalue weighted by Gasteiger charge is -1.87. The van der Waals surface area contributed by atoms with E-state index < -0.39 is 0 Å². The molecule has 1 heterocycles. The summed E-state index contributed by atoms with van der Waals surface area (Å²) in [6.45, 7) is 0.636. The van der Waals surface area contributed by atoms with E-state index in [1.807, 2.05) is 0 Å². The first-order valence-electron chi connectivity index (χ1n) is 2.36. The van der Waals surface area contributed by atoms with Gasteiger partial charge >= 0.3 is 5.97 Å². The highest BCUT2D eigenvalue weighted by atomic mass is 16.6. The zero-order valence-electron chi connectivity index (χ0n) is 4.39. The predicted molar refractivity (Wildman–Crippen MR) is 26.1 cm³/mol. The number of nitrogens with zero attached hydrogens (tertiary/aromatic N) is 1. The highest BCUT2D eigenvalue weighted by Crippen LogP contribution is 1.92. The maximum absolute atomic E-state index is 10.2. The Morgan fingerprint density at radius 2 is 2.62 bits per heavy atom. The van der Waals surface area contributed by atoms with Crippen LogP contribution < -0.4 is 5.73 Å². The molecule has 8 heavy (non-hydrogen) atoms. The molecule has 0 unspecified atom stereocenters. The average molecular weight is 115 g/mol. The molecule has 0 radical (unpaired) electrons. The second-order valence-corrected chi connectivity index (χ2v) is 1.43. The molecule has 0 aromatic carbocycles. The van der Waals surface area contributed by atoms with Crippen molar-refractivity contribution in [1.82, 2.24) is 0 Å². The smallest absolute Gasteiger partial charge is 0.334 e. The van der Waals surface area contributed by atoms with Crippen molar-refractivity contribution >= 4 is 11.9 Å². The fourth-order valence-corrected chi connectivity index (χ4v) is 0.479. The summed E-state index contributed by atoms with van der Waals surface area (Å²) in [5, 5.41) is 0. The number of rotatable bonds is 1. The van der Waals surface area contributed by atoms with Gasteiger partial charge in [0.25, 0.3) is 0 Å². The minimum atomic E-state index is -0.274. The average Bonchev–Trinajstić information content (AvgIpc) is 2.14. The Kier molecular flexibility index (Phi) is 1.26. The molecule has 0 fully saturated rings. The second kappa shape index (κ2) is 1.92. The lowest BCUT2D eigenvalue weighted by molar-refractivity contribution is -0.348. The zero-order valence-corrected chi connectivity index (χ0v) is 4.39. The number of aliphatic imine (C=N–C) groups is 1. The second-order valence-electron chi connectivity index (χ2n) is 1.43. The minimum absolute atomic E-state index is 0.171. The first-order valence-corrected chi connectivity index (χ1v) is 2.36. The fourth-order valence-electron chi connectivity index (χ4n) is 0.479. The molecule has 4 heteroatoms. The van der Waals surface area contributed by atoms with Gasteiger partial charge in [0, 0.05) is 0 Å². The van der Waals surface area contributed by atoms with Gasteiger partial charge in [-0.3, -0.25) is 0 Å². The normalized spacial score (nSPS) is 18.1. The number of carbonyl (C=O) groups excluding carboxylic acids is 1. The van der Waals surface area contributed by atoms with E-state index >= 15 is 0 Å². The third-order valence-electron chi connectivity index (χ3n) is 0.830. The standard InChI is InChI=1S/C4H6N2O2/c5-1-3-6-2-4(7)8-3/h1-2,5H2/p+1. The third kappa shape index (κ3) is 0.840. The molecular formula is C4H7N2O2+. The first-order chi connectivity index (χ1) is 3.83. The van der Waals surface area contributed by atoms with Gasteiger partial charge in [-0.15, -0.1) is 0 Å². The molecule has 1 aliphatic heterocycles. The highest BCUT2D eigenvalue weighted by Gasteiger charge is 2.14. The lowest BCUT2D eigenvalue weighted by Crippen LogP contribution is -2.54. The molecule has 0 spiro atoms. The van der Waals surface area contributed by atoms with Crippen molar-refractivity contribution in [3.8, 4) is 0 Å². The summed E-state index contributed by atoms with van der Waals surface area (Å²) in [5.41, 5.74) is 3.49. The molecular weight excluding hydrogens is 108 g/mol. The van der Waals surface area contributed by atoms with E-state index in [0.717, 1.165) is 0 Å². The van der Waals surface area contributed by atoms with Crippen LogP contribution in [0.3, 0.4) is 0 Å². The molecule has 1 aliphatic rings. The number of carbonyl (C=O) groups is 1. The van der Waals surface area contributed by atoms with Crippen molar-refractivity contribution in [2.24, 2.45) is 4.99 Å². The SMILES string of the molecule is [NH3+]CC1=NCC(=O)O1. The van der Waals surface area contributed by atoms with Gasteiger partial charge in [0.15, 0.2) is 6.54 Å². The molecule has 0 saturated heterocycles. The first kappa shape index (κ1) is 5.24. The Balaban J connectivity index is 2.49. The summed E-state index contributed by atoms with van der Waals surface area (Å²) >= 11 is 0. The van der Waals surface area contributed by atoms with Crippen LogP contribution in [-0.4, -0.2) is 25.0 Å². The molecule has 0 bridgehead atoms. The number of ether oxygens (including phenoxy) is 1. The fraction of sp³-hybridized carbons (Fsp3) is 0.500. The summed E-state index contributed by atoms with van der Waals surface area (Å²) < 4.78 is 4.56. The van der Waals surface area contributed by atoms with Gasteiger partial charge in [-0.25, -0.2) is 9.79 Å². The molecule has 0 saturated carbocycles. The minimum Gasteiger partial charge on any atom is -0.404 e. The van der Waals surface area contributed by atoms with Crippen molar-refractivity contribution in [3.05, 3.63) is 0 Å². The molecule has 0 aromatic heterocycles. The summed E-state index contributed by atoms with van der Waals surface area (Å²) in [6, 6.07) is 0. The number of quaternary nitrogens is 1. The predicted octanol–water partition coefficient (Wildman–Crippen LogP) is -1.82. The Labute approximate surface area is 46.3 Å². The summed E-state index contributed by atoms with van der Waals surface area (Å²) in [7, 11) is 0. The van der Waals surface area contributed by atoms with E-state index in [4.69, 9.17) is 0 Å². The Hall–Kier alpha value is -0.900. The van der Waals surface area contributed by atoms with Gasteiger partial charge in [-0.05, 0) is 0 Å². The summed E-state index contributed by atoms with van der Waals surface area (Å²) in [6.07, 6.45) is 0. The van der Waals surface area contributed by atoms with Crippen LogP contribution in [0, 0.1) is 0 Å². The van der Waals surface area contributed by atoms with Crippen LogP contribution in [0.2, 0.25) is 0 Å². The molecule has 4 nitrogen and oxygen atoms in total. The molecule has 3 N–H and O–H groups in total. The number of hydrogen-bond acceptors (Lipinski definition) is 3. The van der Waals surface area contributed by atoms with Crippen molar-refractivity contribution in [1.29, 1.82) is 0 Å². The van der Waals surface area contributed by atoms with Crippen molar-refractivity contribution in [3.63, 3.8) is 0 Å². The third-order valence-corrected chi connectivity index (χ3v) is 0.830. The van der Waals surface area contributed by atoms with Crippen LogP contribution in [-0.2, 0) is 9.53 Å². The van der Waals surface area contributed by atoms with Gasteiger partial charge in [0.2, 0.25) is 5.90 Å². The van der Waals surface area contributed by atoms with Crippen LogP contribution in [0.15, 0.2) is 4.99 Å². The number of cyclic esters (lactones) is 1. The quantitative estimate of drug-likeness (QED) is 0.409. The van der Waals surface area contributed by atoms with Crippen LogP contribution in [0.4, 0.5) is 0 Å². The lowest BCUT2D eigenvalue weighted by atomic mass is 10.7. The molecule has 0 amide bonds. The van der Waals surface area contributed by atoms with E-state index in [0.29, 0.717) is 12.4 Å². The topological polar surface area (TPSA) is 66.3 Å². The van der Waals surface area contributed by atoms with Gasteiger partial charge < -0.3 is 10.5 Å². The summed E-state index contributed by atoms with van der Waals surface area (Å²) in [4.78, 5) is 14.0. The van der Waals surface area contributed by atoms with Gasteiger partial charge in [-0.1, -0.05) is 0 Å². The van der Waals surface area contributed by atoms with Crippen LogP contribution in [0.5, 0.6) is 0 Å². The Bertz CT molecular complexity index is 141. The van der Waals surface area contributed by atoms with Gasteiger partial charge in [0.1, 0.15) is 6.54 Å². The van der Waals surface area contributed by atoms with E-state index in [1.165, 1.54) is 0 Å². The largest absolute Gasteiger partial charge is 0.404 e. The molecule has 0 atom stereocenters. The van der Waals surface area contributed by atoms with Crippen molar-refractivity contribution in [2.45, 2.75) is 0 Å².